The Bertz CT molecular complexity index is 755. The molecule has 39 heavy (non-hydrogen) atoms. The van der Waals surface area contributed by atoms with Crippen LogP contribution in [0.5, 0.6) is 0 Å². The van der Waals surface area contributed by atoms with Crippen molar-refractivity contribution in [2.75, 3.05) is 78.5 Å². The molecule has 0 amide bonds. The fraction of sp³-hybridized carbons (Fsp3) is 1.00. The summed E-state index contributed by atoms with van der Waals surface area (Å²) in [5, 5.41) is 0. The summed E-state index contributed by atoms with van der Waals surface area (Å²) in [4.78, 5) is 13.7. The van der Waals surface area contributed by atoms with Crippen LogP contribution in [0.15, 0.2) is 0 Å². The van der Waals surface area contributed by atoms with Gasteiger partial charge in [0.25, 0.3) is 0 Å². The van der Waals surface area contributed by atoms with Gasteiger partial charge >= 0.3 is 0 Å². The Morgan fingerprint density at radius 3 is 1.64 bits per heavy atom. The summed E-state index contributed by atoms with van der Waals surface area (Å²) >= 11 is 0. The summed E-state index contributed by atoms with van der Waals surface area (Å²) in [6, 6.07) is 0. The van der Waals surface area contributed by atoms with Gasteiger partial charge in [-0.3, -0.25) is 14.7 Å². The summed E-state index contributed by atoms with van der Waals surface area (Å²) in [7, 11) is 0. The van der Waals surface area contributed by atoms with Gasteiger partial charge in [-0.1, -0.05) is 13.8 Å². The first kappa shape index (κ1) is 31.7. The lowest BCUT2D eigenvalue weighted by Gasteiger charge is -2.53. The first-order valence-electron chi connectivity index (χ1n) is 16.7. The zero-order valence-corrected chi connectivity index (χ0v) is 28.0. The molecule has 1 atom stereocenters. The second kappa shape index (κ2) is 12.2. The lowest BCUT2D eigenvalue weighted by Crippen LogP contribution is -2.59. The number of piperidine rings is 1. The van der Waals surface area contributed by atoms with Crippen LogP contribution < -0.4 is 0 Å². The monoisotopic (exact) mass is 546 g/mol. The van der Waals surface area contributed by atoms with Crippen molar-refractivity contribution in [3.63, 3.8) is 0 Å². The zero-order chi connectivity index (χ0) is 28.6. The molecule has 0 aromatic rings. The van der Waals surface area contributed by atoms with E-state index >= 15 is 0 Å². The number of nitrogens with zero attached hydrogens (tertiary/aromatic N) is 5. The Morgan fingerprint density at radius 1 is 0.538 bits per heavy atom. The summed E-state index contributed by atoms with van der Waals surface area (Å²) in [6.07, 6.45) is 6.89. The molecule has 0 spiro atoms. The summed E-state index contributed by atoms with van der Waals surface area (Å²) < 4.78 is 0. The van der Waals surface area contributed by atoms with Gasteiger partial charge in [-0.25, -0.2) is 0 Å². The second-order valence-corrected chi connectivity index (χ2v) is 17.4. The summed E-state index contributed by atoms with van der Waals surface area (Å²) in [6.45, 7) is 39.9. The molecule has 4 aliphatic rings. The maximum atomic E-state index is 2.81. The van der Waals surface area contributed by atoms with Gasteiger partial charge in [-0.05, 0) is 137 Å². The number of hydrogen-bond acceptors (Lipinski definition) is 5. The van der Waals surface area contributed by atoms with E-state index in [1.54, 1.807) is 0 Å². The van der Waals surface area contributed by atoms with Crippen molar-refractivity contribution in [1.29, 1.82) is 0 Å². The van der Waals surface area contributed by atoms with Crippen molar-refractivity contribution in [3.05, 3.63) is 0 Å². The fourth-order valence-corrected chi connectivity index (χ4v) is 8.48. The number of likely N-dealkylation sites (tertiary alicyclic amines) is 3. The largest absolute Gasteiger partial charge is 0.303 e. The molecule has 0 unspecified atom stereocenters. The van der Waals surface area contributed by atoms with Gasteiger partial charge in [-0.15, -0.1) is 0 Å². The first-order chi connectivity index (χ1) is 18.0. The highest BCUT2D eigenvalue weighted by Crippen LogP contribution is 2.44. The van der Waals surface area contributed by atoms with Gasteiger partial charge in [0.05, 0.1) is 0 Å². The lowest BCUT2D eigenvalue weighted by molar-refractivity contribution is -0.0411. The molecular formula is C34H67N5. The number of hydrogen-bond donors (Lipinski definition) is 0. The normalized spacial score (nSPS) is 27.4. The highest BCUT2D eigenvalue weighted by Gasteiger charge is 2.43. The Balaban J connectivity index is 1.14. The molecule has 4 heterocycles. The molecule has 0 radical (unpaired) electrons. The van der Waals surface area contributed by atoms with Crippen molar-refractivity contribution in [2.24, 2.45) is 23.2 Å². The van der Waals surface area contributed by atoms with Crippen molar-refractivity contribution >= 4 is 0 Å². The molecular weight excluding hydrogens is 478 g/mol. The predicted molar refractivity (Wildman–Crippen MR) is 169 cm³/mol. The highest BCUT2D eigenvalue weighted by atomic mass is 15.3. The van der Waals surface area contributed by atoms with E-state index < -0.39 is 0 Å². The summed E-state index contributed by atoms with van der Waals surface area (Å²) in [5.41, 5.74) is 1.39. The zero-order valence-electron chi connectivity index (χ0n) is 28.0. The van der Waals surface area contributed by atoms with E-state index in [4.69, 9.17) is 0 Å². The average Bonchev–Trinajstić information content (AvgIpc) is 3.26. The van der Waals surface area contributed by atoms with Gasteiger partial charge in [0.2, 0.25) is 0 Å². The van der Waals surface area contributed by atoms with E-state index in [9.17, 15) is 0 Å². The van der Waals surface area contributed by atoms with E-state index in [0.29, 0.717) is 22.0 Å². The van der Waals surface area contributed by atoms with E-state index in [1.807, 2.05) is 0 Å². The van der Waals surface area contributed by atoms with Crippen LogP contribution in [0.25, 0.3) is 0 Å². The molecule has 5 heteroatoms. The van der Waals surface area contributed by atoms with Crippen molar-refractivity contribution < 1.29 is 0 Å². The van der Waals surface area contributed by atoms with Crippen molar-refractivity contribution in [1.82, 2.24) is 24.5 Å². The Kier molecular flexibility index (Phi) is 9.92. The van der Waals surface area contributed by atoms with Crippen LogP contribution in [-0.4, -0.2) is 120 Å². The molecule has 0 aromatic carbocycles. The molecule has 0 aromatic heterocycles. The van der Waals surface area contributed by atoms with E-state index in [2.05, 4.69) is 93.7 Å². The van der Waals surface area contributed by atoms with Crippen LogP contribution in [0.1, 0.15) is 101 Å². The van der Waals surface area contributed by atoms with Crippen LogP contribution in [0.4, 0.5) is 0 Å². The Labute approximate surface area is 244 Å². The average molecular weight is 546 g/mol. The maximum absolute atomic E-state index is 2.81. The van der Waals surface area contributed by atoms with Crippen LogP contribution in [-0.2, 0) is 0 Å². The van der Waals surface area contributed by atoms with Gasteiger partial charge in [0, 0.05) is 69.0 Å². The molecule has 0 saturated carbocycles. The van der Waals surface area contributed by atoms with E-state index in [0.717, 1.165) is 17.8 Å². The standard InChI is InChI=1S/C34H67N5/c1-31(2,3)37-21-19-35(20-22-37)15-11-29-25-39(26-29)34(9,10)27-33(7,8)30-13-16-36(17-14-30)23-28-12-18-38(24-28)32(4,5)6/h28-30H,11-27H2,1-10H3/t28-/m0/s1. The van der Waals surface area contributed by atoms with Crippen molar-refractivity contribution in [3.8, 4) is 0 Å². The van der Waals surface area contributed by atoms with Gasteiger partial charge < -0.3 is 9.80 Å². The quantitative estimate of drug-likeness (QED) is 0.366. The van der Waals surface area contributed by atoms with Crippen LogP contribution >= 0.6 is 0 Å². The third-order valence-corrected chi connectivity index (χ3v) is 11.3. The molecule has 4 saturated heterocycles. The minimum absolute atomic E-state index is 0.315. The highest BCUT2D eigenvalue weighted by molar-refractivity contribution is 4.97. The third-order valence-electron chi connectivity index (χ3n) is 11.3. The smallest absolute Gasteiger partial charge is 0.0158 e. The van der Waals surface area contributed by atoms with E-state index in [1.165, 1.54) is 111 Å². The Morgan fingerprint density at radius 2 is 1.10 bits per heavy atom. The predicted octanol–water partition coefficient (Wildman–Crippen LogP) is 5.75. The van der Waals surface area contributed by atoms with Gasteiger partial charge in [-0.2, -0.15) is 0 Å². The topological polar surface area (TPSA) is 16.2 Å². The van der Waals surface area contributed by atoms with Crippen LogP contribution in [0, 0.1) is 23.2 Å². The molecule has 0 aliphatic carbocycles. The minimum atomic E-state index is 0.315. The number of rotatable bonds is 9. The molecule has 4 fully saturated rings. The molecule has 4 rings (SSSR count). The molecule has 0 bridgehead atoms. The van der Waals surface area contributed by atoms with Gasteiger partial charge in [0.15, 0.2) is 0 Å². The lowest BCUT2D eigenvalue weighted by atomic mass is 9.67. The Hall–Kier alpha value is -0.200. The van der Waals surface area contributed by atoms with Crippen molar-refractivity contribution in [2.45, 2.75) is 118 Å². The first-order valence-corrected chi connectivity index (χ1v) is 16.7. The summed E-state index contributed by atoms with van der Waals surface area (Å²) in [5.74, 6) is 2.65. The molecule has 4 aliphatic heterocycles. The minimum Gasteiger partial charge on any atom is -0.303 e. The van der Waals surface area contributed by atoms with Crippen LogP contribution in [0.3, 0.4) is 0 Å². The van der Waals surface area contributed by atoms with Gasteiger partial charge in [0.1, 0.15) is 0 Å². The SMILES string of the molecule is CC(C)(CC(C)(C)N1CC(CCN2CCN(C(C)(C)C)CC2)C1)C1CCN(C[C@@H]2CCN(C(C)(C)C)C2)CC1. The maximum Gasteiger partial charge on any atom is 0.0158 e. The van der Waals surface area contributed by atoms with E-state index in [-0.39, 0.29) is 0 Å². The molecule has 5 nitrogen and oxygen atoms in total. The molecule has 228 valence electrons. The third kappa shape index (κ3) is 8.43. The second-order valence-electron chi connectivity index (χ2n) is 17.4. The number of piperazine rings is 1. The molecule has 0 N–H and O–H groups in total. The van der Waals surface area contributed by atoms with Crippen LogP contribution in [0.2, 0.25) is 0 Å². The fourth-order valence-electron chi connectivity index (χ4n) is 8.48.